The third-order valence-electron chi connectivity index (χ3n) is 4.90. The van der Waals surface area contributed by atoms with Crippen molar-refractivity contribution in [1.82, 2.24) is 9.55 Å². The fraction of sp³-hybridized carbons (Fsp3) is 0.192. The molecule has 34 heavy (non-hydrogen) atoms. The number of carbonyl (C=O) groups excluding carboxylic acids is 1. The molecular formula is C26H25N3O3S2. The number of aromatic nitrogens is 2. The molecule has 1 amide bonds. The van der Waals surface area contributed by atoms with Crippen molar-refractivity contribution in [2.45, 2.75) is 31.7 Å². The van der Waals surface area contributed by atoms with E-state index in [2.05, 4.69) is 11.9 Å². The number of hydrogen-bond donors (Lipinski definition) is 1. The van der Waals surface area contributed by atoms with Crippen LogP contribution in [0.4, 0.5) is 5.69 Å². The van der Waals surface area contributed by atoms with Crippen LogP contribution in [0.15, 0.2) is 82.6 Å². The summed E-state index contributed by atoms with van der Waals surface area (Å²) in [7, 11) is 0. The van der Waals surface area contributed by atoms with E-state index in [0.29, 0.717) is 27.6 Å². The number of anilines is 1. The lowest BCUT2D eigenvalue weighted by atomic mass is 10.1. The maximum Gasteiger partial charge on any atom is 0.263 e. The molecule has 0 unspecified atom stereocenters. The summed E-state index contributed by atoms with van der Waals surface area (Å²) in [5.74, 6) is 0.688. The van der Waals surface area contributed by atoms with Crippen LogP contribution in [0, 0.1) is 0 Å². The number of hydrogen-bond acceptors (Lipinski definition) is 6. The molecule has 0 saturated heterocycles. The van der Waals surface area contributed by atoms with Gasteiger partial charge < -0.3 is 10.1 Å². The molecule has 6 nitrogen and oxygen atoms in total. The van der Waals surface area contributed by atoms with E-state index >= 15 is 0 Å². The number of nitrogens with zero attached hydrogens (tertiary/aromatic N) is 2. The van der Waals surface area contributed by atoms with Gasteiger partial charge >= 0.3 is 0 Å². The van der Waals surface area contributed by atoms with E-state index in [1.807, 2.05) is 61.7 Å². The third-order valence-corrected chi connectivity index (χ3v) is 6.75. The number of thiophene rings is 1. The molecule has 2 aromatic carbocycles. The lowest BCUT2D eigenvalue weighted by Crippen LogP contribution is -2.23. The minimum Gasteiger partial charge on any atom is -0.491 e. The van der Waals surface area contributed by atoms with E-state index in [0.717, 1.165) is 16.9 Å². The van der Waals surface area contributed by atoms with Gasteiger partial charge in [-0.2, -0.15) is 0 Å². The first-order valence-electron chi connectivity index (χ1n) is 10.8. The van der Waals surface area contributed by atoms with Crippen molar-refractivity contribution in [2.75, 3.05) is 11.1 Å². The predicted molar refractivity (Wildman–Crippen MR) is 141 cm³/mol. The lowest BCUT2D eigenvalue weighted by Gasteiger charge is -2.12. The van der Waals surface area contributed by atoms with Crippen molar-refractivity contribution >= 4 is 44.9 Å². The van der Waals surface area contributed by atoms with Gasteiger partial charge in [0.05, 0.1) is 17.2 Å². The summed E-state index contributed by atoms with van der Waals surface area (Å²) in [6.45, 7) is 8.01. The van der Waals surface area contributed by atoms with Crippen LogP contribution in [0.3, 0.4) is 0 Å². The van der Waals surface area contributed by atoms with Gasteiger partial charge in [0.25, 0.3) is 5.56 Å². The van der Waals surface area contributed by atoms with E-state index in [4.69, 9.17) is 9.72 Å². The summed E-state index contributed by atoms with van der Waals surface area (Å²) in [6.07, 6.45) is 1.75. The second kappa shape index (κ2) is 10.7. The topological polar surface area (TPSA) is 73.2 Å². The fourth-order valence-corrected chi connectivity index (χ4v) is 5.25. The number of allylic oxidation sites excluding steroid dienone is 1. The van der Waals surface area contributed by atoms with Gasteiger partial charge in [-0.1, -0.05) is 48.2 Å². The Labute approximate surface area is 206 Å². The zero-order valence-electron chi connectivity index (χ0n) is 19.0. The molecule has 1 N–H and O–H groups in total. The van der Waals surface area contributed by atoms with Crippen molar-refractivity contribution in [1.29, 1.82) is 0 Å². The van der Waals surface area contributed by atoms with Crippen LogP contribution >= 0.6 is 23.1 Å². The van der Waals surface area contributed by atoms with Gasteiger partial charge in [-0.15, -0.1) is 17.9 Å². The van der Waals surface area contributed by atoms with E-state index in [-0.39, 0.29) is 23.3 Å². The number of nitrogens with one attached hydrogen (secondary N) is 1. The van der Waals surface area contributed by atoms with Crippen molar-refractivity contribution < 1.29 is 9.53 Å². The number of benzene rings is 2. The molecule has 0 spiro atoms. The smallest absolute Gasteiger partial charge is 0.263 e. The number of rotatable bonds is 9. The molecule has 0 aliphatic carbocycles. The molecule has 0 radical (unpaired) electrons. The van der Waals surface area contributed by atoms with Gasteiger partial charge in [-0.3, -0.25) is 14.2 Å². The van der Waals surface area contributed by atoms with Gasteiger partial charge in [0.15, 0.2) is 5.16 Å². The number of fused-ring (bicyclic) bond motifs is 1. The van der Waals surface area contributed by atoms with Crippen LogP contribution in [0.25, 0.3) is 21.3 Å². The lowest BCUT2D eigenvalue weighted by molar-refractivity contribution is -0.113. The average molecular weight is 492 g/mol. The van der Waals surface area contributed by atoms with Crippen molar-refractivity contribution in [2.24, 2.45) is 0 Å². The van der Waals surface area contributed by atoms with E-state index < -0.39 is 0 Å². The molecule has 174 valence electrons. The van der Waals surface area contributed by atoms with Crippen molar-refractivity contribution in [3.63, 3.8) is 0 Å². The van der Waals surface area contributed by atoms with Gasteiger partial charge in [-0.25, -0.2) is 4.98 Å². The number of ether oxygens (including phenoxy) is 1. The molecule has 0 bridgehead atoms. The van der Waals surface area contributed by atoms with Crippen LogP contribution in [-0.4, -0.2) is 27.3 Å². The predicted octanol–water partition coefficient (Wildman–Crippen LogP) is 5.83. The monoisotopic (exact) mass is 491 g/mol. The highest BCUT2D eigenvalue weighted by Gasteiger charge is 2.17. The molecular weight excluding hydrogens is 466 g/mol. The first kappa shape index (κ1) is 23.8. The van der Waals surface area contributed by atoms with E-state index in [9.17, 15) is 9.59 Å². The van der Waals surface area contributed by atoms with Crippen LogP contribution in [0.2, 0.25) is 0 Å². The van der Waals surface area contributed by atoms with Crippen LogP contribution in [0.1, 0.15) is 13.8 Å². The third kappa shape index (κ3) is 5.40. The van der Waals surface area contributed by atoms with Crippen LogP contribution < -0.4 is 15.6 Å². The molecule has 0 saturated carbocycles. The second-order valence-electron chi connectivity index (χ2n) is 7.82. The minimum atomic E-state index is -0.182. The Morgan fingerprint density at radius 2 is 1.94 bits per heavy atom. The molecule has 0 atom stereocenters. The Kier molecular flexibility index (Phi) is 7.49. The molecule has 0 fully saturated rings. The summed E-state index contributed by atoms with van der Waals surface area (Å²) in [4.78, 5) is 31.3. The Balaban J connectivity index is 1.53. The Morgan fingerprint density at radius 1 is 1.21 bits per heavy atom. The van der Waals surface area contributed by atoms with Gasteiger partial charge in [0.2, 0.25) is 5.91 Å². The number of amides is 1. The Bertz CT molecular complexity index is 1360. The molecule has 4 aromatic rings. The average Bonchev–Trinajstić information content (AvgIpc) is 3.25. The van der Waals surface area contributed by atoms with Crippen LogP contribution in [0.5, 0.6) is 5.75 Å². The van der Waals surface area contributed by atoms with E-state index in [1.54, 1.807) is 22.8 Å². The summed E-state index contributed by atoms with van der Waals surface area (Å²) in [5, 5.41) is 5.92. The minimum absolute atomic E-state index is 0.0852. The highest BCUT2D eigenvalue weighted by Crippen LogP contribution is 2.32. The molecule has 0 aliphatic heterocycles. The van der Waals surface area contributed by atoms with Crippen molar-refractivity contribution in [3.8, 4) is 16.9 Å². The Hall–Kier alpha value is -3.36. The summed E-state index contributed by atoms with van der Waals surface area (Å²) >= 11 is 2.66. The van der Waals surface area contributed by atoms with Crippen molar-refractivity contribution in [3.05, 3.63) is 83.0 Å². The quantitative estimate of drug-likeness (QED) is 0.181. The van der Waals surface area contributed by atoms with E-state index in [1.165, 1.54) is 23.1 Å². The normalized spacial score (nSPS) is 11.0. The maximum atomic E-state index is 13.4. The first-order chi connectivity index (χ1) is 16.5. The highest BCUT2D eigenvalue weighted by molar-refractivity contribution is 7.99. The van der Waals surface area contributed by atoms with Gasteiger partial charge in [0, 0.05) is 23.2 Å². The zero-order chi connectivity index (χ0) is 24.1. The summed E-state index contributed by atoms with van der Waals surface area (Å²) < 4.78 is 7.20. The summed E-state index contributed by atoms with van der Waals surface area (Å²) in [5.41, 5.74) is 2.39. The number of carbonyl (C=O) groups is 1. The molecule has 2 aromatic heterocycles. The molecule has 8 heteroatoms. The van der Waals surface area contributed by atoms with Gasteiger partial charge in [-0.05, 0) is 43.7 Å². The maximum absolute atomic E-state index is 13.4. The fourth-order valence-electron chi connectivity index (χ4n) is 3.45. The molecule has 0 aliphatic rings. The second-order valence-corrected chi connectivity index (χ2v) is 9.62. The molecule has 2 heterocycles. The largest absolute Gasteiger partial charge is 0.491 e. The number of thioether (sulfide) groups is 1. The highest BCUT2D eigenvalue weighted by atomic mass is 32.2. The standard InChI is InChI=1S/C26H25N3O3S2/c1-4-14-29-25(31)23-21(18-8-6-5-7-9-18)15-33-24(23)28-26(29)34-16-22(30)27-19-10-12-20(13-11-19)32-17(2)3/h4-13,15,17H,1,14,16H2,2-3H3,(H,27,30). The van der Waals surface area contributed by atoms with Gasteiger partial charge in [0.1, 0.15) is 10.6 Å². The summed E-state index contributed by atoms with van der Waals surface area (Å²) in [6, 6.07) is 17.0. The molecule has 4 rings (SSSR count). The van der Waals surface area contributed by atoms with Crippen LogP contribution in [-0.2, 0) is 11.3 Å². The SMILES string of the molecule is C=CCn1c(SCC(=O)Nc2ccc(OC(C)C)cc2)nc2scc(-c3ccccc3)c2c1=O. The Morgan fingerprint density at radius 3 is 2.62 bits per heavy atom. The first-order valence-corrected chi connectivity index (χ1v) is 12.7. The zero-order valence-corrected chi connectivity index (χ0v) is 20.6.